The van der Waals surface area contributed by atoms with Gasteiger partial charge < -0.3 is 25.2 Å². The smallest absolute Gasteiger partial charge is 0.408 e. The molecule has 1 amide bonds. The van der Waals surface area contributed by atoms with E-state index in [9.17, 15) is 9.90 Å². The predicted octanol–water partition coefficient (Wildman–Crippen LogP) is 2.95. The van der Waals surface area contributed by atoms with E-state index in [0.29, 0.717) is 35.6 Å². The maximum absolute atomic E-state index is 11.2. The van der Waals surface area contributed by atoms with E-state index in [4.69, 9.17) is 9.47 Å². The predicted molar refractivity (Wildman–Crippen MR) is 107 cm³/mol. The van der Waals surface area contributed by atoms with Gasteiger partial charge >= 0.3 is 6.09 Å². The van der Waals surface area contributed by atoms with E-state index in [2.05, 4.69) is 20.6 Å². The van der Waals surface area contributed by atoms with Gasteiger partial charge in [0, 0.05) is 55.2 Å². The molecule has 2 heterocycles. The van der Waals surface area contributed by atoms with Crippen LogP contribution in [0.1, 0.15) is 12.0 Å². The molecule has 1 aromatic carbocycles. The van der Waals surface area contributed by atoms with Crippen molar-refractivity contribution in [3.8, 4) is 11.5 Å². The first kappa shape index (κ1) is 19.9. The fourth-order valence-electron chi connectivity index (χ4n) is 2.77. The van der Waals surface area contributed by atoms with Crippen LogP contribution >= 0.6 is 11.8 Å². The summed E-state index contributed by atoms with van der Waals surface area (Å²) in [5.41, 5.74) is 1.66. The number of anilines is 2. The summed E-state index contributed by atoms with van der Waals surface area (Å²) >= 11 is 1.43. The van der Waals surface area contributed by atoms with Crippen LogP contribution in [0.5, 0.6) is 11.5 Å². The average molecular weight is 405 g/mol. The van der Waals surface area contributed by atoms with Gasteiger partial charge in [-0.1, -0.05) is 11.8 Å². The lowest BCUT2D eigenvalue weighted by molar-refractivity contribution is 0.0868. The Labute approximate surface area is 167 Å². The van der Waals surface area contributed by atoms with Crippen molar-refractivity contribution in [1.29, 1.82) is 0 Å². The molecule has 28 heavy (non-hydrogen) atoms. The Kier molecular flexibility index (Phi) is 6.30. The van der Waals surface area contributed by atoms with Crippen LogP contribution in [0, 0.1) is 0 Å². The number of hydrogen-bond donors (Lipinski definition) is 3. The van der Waals surface area contributed by atoms with Crippen molar-refractivity contribution in [2.45, 2.75) is 24.3 Å². The molecule has 1 fully saturated rings. The molecule has 0 radical (unpaired) electrons. The van der Waals surface area contributed by atoms with Gasteiger partial charge in [0.25, 0.3) is 0 Å². The van der Waals surface area contributed by atoms with Crippen molar-refractivity contribution in [2.75, 3.05) is 37.7 Å². The number of aromatic nitrogens is 2. The van der Waals surface area contributed by atoms with Crippen molar-refractivity contribution < 1.29 is 19.4 Å². The molecule has 2 aromatic rings. The molecule has 3 N–H and O–H groups in total. The summed E-state index contributed by atoms with van der Waals surface area (Å²) in [6, 6.07) is 5.53. The highest BCUT2D eigenvalue weighted by Gasteiger charge is 2.32. The highest BCUT2D eigenvalue weighted by atomic mass is 32.2. The third-order valence-electron chi connectivity index (χ3n) is 4.43. The molecule has 0 saturated carbocycles. The summed E-state index contributed by atoms with van der Waals surface area (Å²) < 4.78 is 10.6. The summed E-state index contributed by atoms with van der Waals surface area (Å²) in [7, 11) is 3.20. The van der Waals surface area contributed by atoms with E-state index in [0.717, 1.165) is 17.7 Å². The normalized spacial score (nSPS) is 15.5. The number of ether oxygens (including phenoxy) is 2. The molecule has 150 valence electrons. The fourth-order valence-corrected chi connectivity index (χ4v) is 3.11. The number of amides is 1. The van der Waals surface area contributed by atoms with Gasteiger partial charge in [-0.25, -0.2) is 14.8 Å². The molecule has 1 aliphatic rings. The fraction of sp³-hybridized carbons (Fsp3) is 0.389. The van der Waals surface area contributed by atoms with E-state index in [1.165, 1.54) is 16.7 Å². The van der Waals surface area contributed by atoms with Crippen LogP contribution in [-0.4, -0.2) is 59.3 Å². The number of carboxylic acid groups (broad SMARTS) is 1. The first-order valence-electron chi connectivity index (χ1n) is 8.67. The zero-order chi connectivity index (χ0) is 20.1. The van der Waals surface area contributed by atoms with Crippen LogP contribution in [0.15, 0.2) is 29.6 Å². The Morgan fingerprint density at radius 2 is 2.04 bits per heavy atom. The quantitative estimate of drug-likeness (QED) is 0.451. The van der Waals surface area contributed by atoms with Crippen LogP contribution in [0.2, 0.25) is 0 Å². The molecule has 1 aromatic heterocycles. The highest BCUT2D eigenvalue weighted by molar-refractivity contribution is 7.98. The molecular formula is C18H23N5O4S. The monoisotopic (exact) mass is 405 g/mol. The van der Waals surface area contributed by atoms with Crippen LogP contribution < -0.4 is 20.1 Å². The summed E-state index contributed by atoms with van der Waals surface area (Å²) in [6.07, 6.45) is 3.16. The Balaban J connectivity index is 1.77. The number of methoxy groups -OCH3 is 2. The summed E-state index contributed by atoms with van der Waals surface area (Å²) in [5, 5.41) is 16.4. The van der Waals surface area contributed by atoms with Gasteiger partial charge in [-0.05, 0) is 6.26 Å². The lowest BCUT2D eigenvalue weighted by Crippen LogP contribution is -2.54. The van der Waals surface area contributed by atoms with Gasteiger partial charge in [-0.2, -0.15) is 0 Å². The van der Waals surface area contributed by atoms with E-state index < -0.39 is 6.09 Å². The van der Waals surface area contributed by atoms with Gasteiger partial charge in [0.2, 0.25) is 0 Å². The molecule has 3 rings (SSSR count). The van der Waals surface area contributed by atoms with E-state index in [1.807, 2.05) is 18.4 Å². The van der Waals surface area contributed by atoms with E-state index >= 15 is 0 Å². The topological polar surface area (TPSA) is 109 Å². The van der Waals surface area contributed by atoms with Crippen molar-refractivity contribution >= 4 is 29.4 Å². The van der Waals surface area contributed by atoms with Crippen LogP contribution in [-0.2, 0) is 6.54 Å². The minimum atomic E-state index is -0.939. The number of likely N-dealkylation sites (tertiary alicyclic amines) is 1. The van der Waals surface area contributed by atoms with Gasteiger partial charge in [0.05, 0.1) is 14.2 Å². The summed E-state index contributed by atoms with van der Waals surface area (Å²) in [6.45, 7) is 0.970. The molecule has 1 saturated heterocycles. The largest absolute Gasteiger partial charge is 0.497 e. The first-order valence-corrected chi connectivity index (χ1v) is 9.89. The molecule has 1 atom stereocenters. The van der Waals surface area contributed by atoms with Gasteiger partial charge in [0.15, 0.2) is 5.16 Å². The first-order chi connectivity index (χ1) is 13.5. The van der Waals surface area contributed by atoms with E-state index in [-0.39, 0.29) is 6.17 Å². The Morgan fingerprint density at radius 3 is 2.57 bits per heavy atom. The van der Waals surface area contributed by atoms with Crippen LogP contribution in [0.3, 0.4) is 0 Å². The highest BCUT2D eigenvalue weighted by Crippen LogP contribution is 2.27. The molecule has 1 aliphatic heterocycles. The number of nitrogens with zero attached hydrogens (tertiary/aromatic N) is 3. The SMILES string of the molecule is COc1cc(NCc2cnc(SC)nc2NC2CCN2C(=O)O)cc(OC)c1. The van der Waals surface area contributed by atoms with Gasteiger partial charge in [-0.15, -0.1) is 0 Å². The van der Waals surface area contributed by atoms with Gasteiger partial charge in [-0.3, -0.25) is 4.90 Å². The number of benzene rings is 1. The minimum Gasteiger partial charge on any atom is -0.497 e. The molecular weight excluding hydrogens is 382 g/mol. The number of rotatable bonds is 8. The number of thioether (sulfide) groups is 1. The third-order valence-corrected chi connectivity index (χ3v) is 4.99. The standard InChI is InChI=1S/C18H23N5O4S/c1-26-13-6-12(7-14(8-13)27-2)19-9-11-10-20-17(28-3)22-16(11)21-15-4-5-23(15)18(24)25/h6-8,10,15,19H,4-5,9H2,1-3H3,(H,24,25)(H,20,21,22). The number of hydrogen-bond acceptors (Lipinski definition) is 8. The molecule has 9 nitrogen and oxygen atoms in total. The number of nitrogens with one attached hydrogen (secondary N) is 2. The second kappa shape index (κ2) is 8.87. The number of carbonyl (C=O) groups is 1. The second-order valence-electron chi connectivity index (χ2n) is 6.11. The minimum absolute atomic E-state index is 0.280. The molecule has 0 aliphatic carbocycles. The molecule has 1 unspecified atom stereocenters. The maximum Gasteiger partial charge on any atom is 0.408 e. The summed E-state index contributed by atoms with van der Waals surface area (Å²) in [5.74, 6) is 1.99. The average Bonchev–Trinajstić information content (AvgIpc) is 2.69. The zero-order valence-electron chi connectivity index (χ0n) is 15.9. The van der Waals surface area contributed by atoms with Crippen LogP contribution in [0.25, 0.3) is 0 Å². The Morgan fingerprint density at radius 1 is 1.32 bits per heavy atom. The maximum atomic E-state index is 11.2. The third kappa shape index (κ3) is 4.50. The lowest BCUT2D eigenvalue weighted by Gasteiger charge is -2.39. The van der Waals surface area contributed by atoms with Gasteiger partial charge in [0.1, 0.15) is 23.5 Å². The van der Waals surface area contributed by atoms with Crippen molar-refractivity contribution in [3.05, 3.63) is 30.0 Å². The zero-order valence-corrected chi connectivity index (χ0v) is 16.7. The molecule has 0 bridgehead atoms. The lowest BCUT2D eigenvalue weighted by atomic mass is 10.1. The van der Waals surface area contributed by atoms with Crippen LogP contribution in [0.4, 0.5) is 16.3 Å². The van der Waals surface area contributed by atoms with Crippen molar-refractivity contribution in [2.24, 2.45) is 0 Å². The van der Waals surface area contributed by atoms with E-state index in [1.54, 1.807) is 26.5 Å². The Bertz CT molecular complexity index is 828. The second-order valence-corrected chi connectivity index (χ2v) is 6.88. The van der Waals surface area contributed by atoms with Crippen molar-refractivity contribution in [3.63, 3.8) is 0 Å². The Hall–Kier alpha value is -2.88. The molecule has 0 spiro atoms. The summed E-state index contributed by atoms with van der Waals surface area (Å²) in [4.78, 5) is 21.4. The van der Waals surface area contributed by atoms with Crippen molar-refractivity contribution in [1.82, 2.24) is 14.9 Å². The molecule has 10 heteroatoms.